The van der Waals surface area contributed by atoms with Gasteiger partial charge in [-0.15, -0.1) is 0 Å². The third kappa shape index (κ3) is 23.2. The number of allylic oxidation sites excluding steroid dienone is 5. The molecule has 0 spiro atoms. The molecule has 0 fully saturated rings. The predicted octanol–water partition coefficient (Wildman–Crippen LogP) is 9.22. The molecule has 5 N–H and O–H groups in total. The number of carbonyl (C=O) groups excluding carboxylic acids is 1. The maximum atomic E-state index is 12.0. The standard InChI is InChI=1S/C15H24N4O.C12H15N3.5C2H6/c1-5-7-8-9-14(16-4)19(12(3)20)15-10-13(6-2)11-17-18-15;1-10-7-12(15-14-8-10)13-9-11-5-3-2-4-6-11;5*1-2/h8-11,17-18H,5-7H2,1-4H3;2-8,13-15H,9H2,1H3;5*1-2H3/b9-8-,16-14?;;;;;;. The van der Waals surface area contributed by atoms with E-state index in [0.29, 0.717) is 11.7 Å². The van der Waals surface area contributed by atoms with Gasteiger partial charge in [-0.3, -0.25) is 20.6 Å². The fourth-order valence-electron chi connectivity index (χ4n) is 3.26. The summed E-state index contributed by atoms with van der Waals surface area (Å²) in [7, 11) is 1.69. The molecule has 1 aromatic rings. The first kappa shape index (κ1) is 48.0. The van der Waals surface area contributed by atoms with Gasteiger partial charge in [0.1, 0.15) is 17.5 Å². The summed E-state index contributed by atoms with van der Waals surface area (Å²) in [6.07, 6.45) is 14.7. The molecule has 1 amide bonds. The lowest BCUT2D eigenvalue weighted by atomic mass is 10.2. The minimum absolute atomic E-state index is 0.0790. The van der Waals surface area contributed by atoms with Crippen LogP contribution < -0.4 is 27.0 Å². The lowest BCUT2D eigenvalue weighted by Crippen LogP contribution is -2.44. The zero-order valence-electron chi connectivity index (χ0n) is 31.5. The maximum Gasteiger partial charge on any atom is 0.230 e. The molecule has 0 unspecified atom stereocenters. The van der Waals surface area contributed by atoms with Crippen LogP contribution in [0.25, 0.3) is 0 Å². The molecule has 0 bridgehead atoms. The lowest BCUT2D eigenvalue weighted by molar-refractivity contribution is -0.124. The first-order chi connectivity index (χ1) is 22.0. The molecule has 8 nitrogen and oxygen atoms in total. The Morgan fingerprint density at radius 2 is 1.44 bits per heavy atom. The van der Waals surface area contributed by atoms with Crippen LogP contribution in [0.15, 0.2) is 94.8 Å². The van der Waals surface area contributed by atoms with E-state index in [0.717, 1.165) is 37.2 Å². The summed E-state index contributed by atoms with van der Waals surface area (Å²) in [6, 6.07) is 10.3. The minimum Gasteiger partial charge on any atom is -0.366 e. The highest BCUT2D eigenvalue weighted by Gasteiger charge is 2.20. The zero-order chi connectivity index (χ0) is 35.5. The van der Waals surface area contributed by atoms with E-state index in [2.05, 4.69) is 71.0 Å². The molecule has 2 aliphatic heterocycles. The molecule has 258 valence electrons. The summed E-state index contributed by atoms with van der Waals surface area (Å²) in [5, 5.41) is 3.31. The number of nitrogens with zero attached hydrogens (tertiary/aromatic N) is 2. The SMILES string of the molecule is CC.CC.CC.CC.CC.CC1=CNNC(NCc2ccccc2)=C1.CCC/C=C\C(=NC)N(C(C)=O)C1=CC(CC)=CNN1. The van der Waals surface area contributed by atoms with Crippen molar-refractivity contribution in [2.24, 2.45) is 4.99 Å². The van der Waals surface area contributed by atoms with Crippen LogP contribution in [0.5, 0.6) is 0 Å². The van der Waals surface area contributed by atoms with Crippen LogP contribution in [-0.4, -0.2) is 23.7 Å². The highest BCUT2D eigenvalue weighted by Crippen LogP contribution is 2.13. The van der Waals surface area contributed by atoms with Crippen LogP contribution in [0.3, 0.4) is 0 Å². The van der Waals surface area contributed by atoms with Crippen molar-refractivity contribution in [3.8, 4) is 0 Å². The number of amides is 1. The fraction of sp³-hybridized carbons (Fsp3) is 0.514. The molecular formula is C37H69N7O. The minimum atomic E-state index is -0.0790. The molecule has 1 aromatic carbocycles. The second-order valence-electron chi connectivity index (χ2n) is 8.05. The summed E-state index contributed by atoms with van der Waals surface area (Å²) in [4.78, 5) is 17.7. The third-order valence-corrected chi connectivity index (χ3v) is 5.13. The van der Waals surface area contributed by atoms with Gasteiger partial charge in [-0.1, -0.05) is 126 Å². The Labute approximate surface area is 278 Å². The maximum absolute atomic E-state index is 12.0. The summed E-state index contributed by atoms with van der Waals surface area (Å²) in [5.74, 6) is 2.24. The highest BCUT2D eigenvalue weighted by molar-refractivity contribution is 6.05. The molecule has 2 heterocycles. The number of nitrogens with one attached hydrogen (secondary N) is 5. The van der Waals surface area contributed by atoms with Crippen LogP contribution in [-0.2, 0) is 11.3 Å². The van der Waals surface area contributed by atoms with Crippen molar-refractivity contribution in [1.82, 2.24) is 31.9 Å². The molecule has 45 heavy (non-hydrogen) atoms. The van der Waals surface area contributed by atoms with Crippen molar-refractivity contribution < 1.29 is 4.79 Å². The van der Waals surface area contributed by atoms with E-state index in [1.54, 1.807) is 11.9 Å². The van der Waals surface area contributed by atoms with Crippen LogP contribution in [0.1, 0.15) is 122 Å². The van der Waals surface area contributed by atoms with E-state index in [9.17, 15) is 4.79 Å². The monoisotopic (exact) mass is 628 g/mol. The number of rotatable bonds is 8. The van der Waals surface area contributed by atoms with Gasteiger partial charge in [-0.05, 0) is 54.7 Å². The Morgan fingerprint density at radius 3 is 1.93 bits per heavy atom. The summed E-state index contributed by atoms with van der Waals surface area (Å²) in [6.45, 7) is 28.6. The van der Waals surface area contributed by atoms with Gasteiger partial charge in [-0.2, -0.15) is 0 Å². The van der Waals surface area contributed by atoms with E-state index >= 15 is 0 Å². The van der Waals surface area contributed by atoms with Crippen molar-refractivity contribution >= 4 is 11.7 Å². The smallest absolute Gasteiger partial charge is 0.230 e. The second kappa shape index (κ2) is 36.3. The van der Waals surface area contributed by atoms with E-state index in [1.165, 1.54) is 18.1 Å². The van der Waals surface area contributed by atoms with Gasteiger partial charge in [-0.25, -0.2) is 4.90 Å². The molecular weight excluding hydrogens is 558 g/mol. The normalized spacial score (nSPS) is 12.3. The third-order valence-electron chi connectivity index (χ3n) is 5.13. The van der Waals surface area contributed by atoms with Crippen molar-refractivity contribution in [1.29, 1.82) is 0 Å². The van der Waals surface area contributed by atoms with E-state index in [-0.39, 0.29) is 5.91 Å². The van der Waals surface area contributed by atoms with Gasteiger partial charge in [0.15, 0.2) is 0 Å². The van der Waals surface area contributed by atoms with E-state index in [4.69, 9.17) is 0 Å². The van der Waals surface area contributed by atoms with Crippen LogP contribution in [0.4, 0.5) is 0 Å². The van der Waals surface area contributed by atoms with Gasteiger partial charge >= 0.3 is 0 Å². The van der Waals surface area contributed by atoms with Gasteiger partial charge in [0.05, 0.1) is 0 Å². The Morgan fingerprint density at radius 1 is 0.867 bits per heavy atom. The number of carbonyl (C=O) groups is 1. The Balaban J connectivity index is -0.000000297. The molecule has 0 saturated carbocycles. The fourth-order valence-corrected chi connectivity index (χ4v) is 3.26. The lowest BCUT2D eigenvalue weighted by Gasteiger charge is -2.27. The summed E-state index contributed by atoms with van der Waals surface area (Å²) in [5.41, 5.74) is 15.6. The molecule has 0 saturated heterocycles. The van der Waals surface area contributed by atoms with Crippen LogP contribution in [0.2, 0.25) is 0 Å². The molecule has 0 atom stereocenters. The first-order valence-corrected chi connectivity index (χ1v) is 17.0. The van der Waals surface area contributed by atoms with Gasteiger partial charge in [0.25, 0.3) is 0 Å². The van der Waals surface area contributed by atoms with Crippen molar-refractivity contribution in [2.75, 3.05) is 7.05 Å². The van der Waals surface area contributed by atoms with E-state index in [1.807, 2.05) is 118 Å². The predicted molar refractivity (Wildman–Crippen MR) is 201 cm³/mol. The number of hydrazine groups is 2. The van der Waals surface area contributed by atoms with Gasteiger partial charge in [0, 0.05) is 32.9 Å². The largest absolute Gasteiger partial charge is 0.366 e. The summed E-state index contributed by atoms with van der Waals surface area (Å²) < 4.78 is 0. The van der Waals surface area contributed by atoms with Gasteiger partial charge < -0.3 is 16.2 Å². The van der Waals surface area contributed by atoms with E-state index < -0.39 is 0 Å². The number of amidine groups is 1. The first-order valence-electron chi connectivity index (χ1n) is 17.0. The number of hydrogen-bond donors (Lipinski definition) is 5. The molecule has 0 aliphatic carbocycles. The van der Waals surface area contributed by atoms with Crippen LogP contribution >= 0.6 is 0 Å². The van der Waals surface area contributed by atoms with Crippen molar-refractivity contribution in [3.05, 3.63) is 95.4 Å². The number of benzene rings is 1. The molecule has 8 heteroatoms. The van der Waals surface area contributed by atoms with Crippen LogP contribution in [0, 0.1) is 0 Å². The molecule has 0 aromatic heterocycles. The topological polar surface area (TPSA) is 92.8 Å². The van der Waals surface area contributed by atoms with Gasteiger partial charge in [0.2, 0.25) is 5.91 Å². The van der Waals surface area contributed by atoms with Crippen molar-refractivity contribution in [3.63, 3.8) is 0 Å². The Hall–Kier alpha value is -3.94. The Bertz CT molecular complexity index is 1010. The molecule has 2 aliphatic rings. The zero-order valence-corrected chi connectivity index (χ0v) is 31.5. The summed E-state index contributed by atoms with van der Waals surface area (Å²) >= 11 is 0. The Kier molecular flexibility index (Phi) is 38.7. The highest BCUT2D eigenvalue weighted by atomic mass is 16.2. The molecule has 0 radical (unpaired) electrons. The quantitative estimate of drug-likeness (QED) is 0.146. The second-order valence-corrected chi connectivity index (χ2v) is 8.05. The van der Waals surface area contributed by atoms with Crippen molar-refractivity contribution in [2.45, 2.75) is 123 Å². The number of hydrogen-bond acceptors (Lipinski definition) is 7. The average Bonchev–Trinajstić information content (AvgIpc) is 3.12. The number of aliphatic imine (C=N–C) groups is 1. The number of unbranched alkanes of at least 4 members (excludes halogenated alkanes) is 1. The average molecular weight is 628 g/mol. The molecule has 3 rings (SSSR count).